The number of hydrogen-bond acceptors (Lipinski definition) is 5. The van der Waals surface area contributed by atoms with Gasteiger partial charge in [-0.1, -0.05) is 80.0 Å². The lowest BCUT2D eigenvalue weighted by Crippen LogP contribution is -2.53. The number of carbonyl (C=O) groups excluding carboxylic acids is 2. The Morgan fingerprint density at radius 1 is 0.925 bits per heavy atom. The van der Waals surface area contributed by atoms with Crippen molar-refractivity contribution in [1.29, 1.82) is 0 Å². The van der Waals surface area contributed by atoms with Gasteiger partial charge in [-0.25, -0.2) is 8.42 Å². The molecule has 0 saturated heterocycles. The van der Waals surface area contributed by atoms with Crippen LogP contribution in [0.5, 0.6) is 5.75 Å². The van der Waals surface area contributed by atoms with Gasteiger partial charge in [-0.3, -0.25) is 13.9 Å². The molecule has 0 aliphatic heterocycles. The van der Waals surface area contributed by atoms with Crippen molar-refractivity contribution < 1.29 is 22.7 Å². The first-order chi connectivity index (χ1) is 19.0. The van der Waals surface area contributed by atoms with Crippen molar-refractivity contribution in [2.75, 3.05) is 30.8 Å². The Hall–Kier alpha value is -3.56. The van der Waals surface area contributed by atoms with Gasteiger partial charge in [0, 0.05) is 24.5 Å². The van der Waals surface area contributed by atoms with Crippen LogP contribution in [0.2, 0.25) is 5.02 Å². The first kappa shape index (κ1) is 31.0. The molecule has 0 fully saturated rings. The molecule has 3 rings (SSSR count). The van der Waals surface area contributed by atoms with E-state index in [1.807, 2.05) is 44.2 Å². The van der Waals surface area contributed by atoms with Crippen molar-refractivity contribution in [3.63, 3.8) is 0 Å². The number of methoxy groups -OCH3 is 1. The number of anilines is 1. The highest BCUT2D eigenvalue weighted by Gasteiger charge is 2.33. The number of halogens is 1. The first-order valence-corrected chi connectivity index (χ1v) is 15.2. The lowest BCUT2D eigenvalue weighted by atomic mass is 10.0. The molecule has 0 aromatic heterocycles. The van der Waals surface area contributed by atoms with Gasteiger partial charge in [-0.05, 0) is 41.3 Å². The molecule has 8 nitrogen and oxygen atoms in total. The number of rotatable bonds is 13. The van der Waals surface area contributed by atoms with Crippen LogP contribution in [-0.4, -0.2) is 57.6 Å². The zero-order chi connectivity index (χ0) is 29.3. The van der Waals surface area contributed by atoms with Gasteiger partial charge in [0.1, 0.15) is 18.3 Å². The fraction of sp³-hybridized carbons (Fsp3) is 0.333. The Balaban J connectivity index is 2.06. The maximum atomic E-state index is 14.1. The van der Waals surface area contributed by atoms with E-state index >= 15 is 0 Å². The Morgan fingerprint density at radius 3 is 2.15 bits per heavy atom. The molecule has 214 valence electrons. The maximum absolute atomic E-state index is 14.1. The highest BCUT2D eigenvalue weighted by Crippen LogP contribution is 2.30. The molecule has 0 aliphatic rings. The average molecular weight is 586 g/mol. The van der Waals surface area contributed by atoms with E-state index in [2.05, 4.69) is 5.32 Å². The fourth-order valence-electron chi connectivity index (χ4n) is 4.19. The summed E-state index contributed by atoms with van der Waals surface area (Å²) >= 11 is 6.09. The third-order valence-corrected chi connectivity index (χ3v) is 7.63. The number of sulfonamides is 1. The van der Waals surface area contributed by atoms with E-state index in [1.54, 1.807) is 48.5 Å². The number of hydrogen-bond donors (Lipinski definition) is 1. The molecular weight excluding hydrogens is 550 g/mol. The van der Waals surface area contributed by atoms with Crippen molar-refractivity contribution in [3.05, 3.63) is 95.0 Å². The molecule has 3 aromatic carbocycles. The van der Waals surface area contributed by atoms with Gasteiger partial charge in [0.05, 0.1) is 19.1 Å². The zero-order valence-corrected chi connectivity index (χ0v) is 24.8. The summed E-state index contributed by atoms with van der Waals surface area (Å²) in [6, 6.07) is 22.1. The SMILES string of the molecule is COc1ccccc1N(CC(=O)N(Cc1ccc(Cl)cc1)[C@H](Cc1ccccc1)C(=O)NCC(C)C)S(C)(=O)=O. The monoisotopic (exact) mass is 585 g/mol. The van der Waals surface area contributed by atoms with Crippen LogP contribution in [0.4, 0.5) is 5.69 Å². The standard InChI is InChI=1S/C30H36ClN3O5S/c1-22(2)19-32-30(36)27(18-23-10-6-5-7-11-23)33(20-24-14-16-25(31)17-15-24)29(35)21-34(40(4,37)38)26-12-8-9-13-28(26)39-3/h5-17,22,27H,18-21H2,1-4H3,(H,32,36)/t27-/m1/s1. The molecule has 1 N–H and O–H groups in total. The smallest absolute Gasteiger partial charge is 0.244 e. The minimum absolute atomic E-state index is 0.0755. The van der Waals surface area contributed by atoms with E-state index in [0.717, 1.165) is 21.7 Å². The molecule has 0 heterocycles. The normalized spacial score (nSPS) is 12.1. The van der Waals surface area contributed by atoms with Gasteiger partial charge >= 0.3 is 0 Å². The maximum Gasteiger partial charge on any atom is 0.244 e. The minimum Gasteiger partial charge on any atom is -0.495 e. The fourth-order valence-corrected chi connectivity index (χ4v) is 5.17. The zero-order valence-electron chi connectivity index (χ0n) is 23.2. The van der Waals surface area contributed by atoms with Crippen LogP contribution in [0.25, 0.3) is 0 Å². The number of benzene rings is 3. The van der Waals surface area contributed by atoms with E-state index in [1.165, 1.54) is 12.0 Å². The molecule has 10 heteroatoms. The lowest BCUT2D eigenvalue weighted by Gasteiger charge is -2.34. The molecule has 3 aromatic rings. The molecule has 0 spiro atoms. The van der Waals surface area contributed by atoms with Crippen molar-refractivity contribution in [2.45, 2.75) is 32.9 Å². The topological polar surface area (TPSA) is 96.0 Å². The van der Waals surface area contributed by atoms with Crippen LogP contribution in [0, 0.1) is 5.92 Å². The lowest BCUT2D eigenvalue weighted by molar-refractivity contribution is -0.140. The second kappa shape index (κ2) is 14.2. The largest absolute Gasteiger partial charge is 0.495 e. The van der Waals surface area contributed by atoms with Gasteiger partial charge in [-0.2, -0.15) is 0 Å². The van der Waals surface area contributed by atoms with Crippen LogP contribution < -0.4 is 14.4 Å². The van der Waals surface area contributed by atoms with Crippen molar-refractivity contribution in [1.82, 2.24) is 10.2 Å². The van der Waals surface area contributed by atoms with Crippen LogP contribution in [0.3, 0.4) is 0 Å². The number of nitrogens with one attached hydrogen (secondary N) is 1. The van der Waals surface area contributed by atoms with Crippen molar-refractivity contribution in [2.24, 2.45) is 5.92 Å². The van der Waals surface area contributed by atoms with Gasteiger partial charge < -0.3 is 15.0 Å². The van der Waals surface area contributed by atoms with E-state index < -0.39 is 28.5 Å². The molecular formula is C30H36ClN3O5S. The summed E-state index contributed by atoms with van der Waals surface area (Å²) in [4.78, 5) is 29.2. The summed E-state index contributed by atoms with van der Waals surface area (Å²) in [6.07, 6.45) is 1.28. The molecule has 0 unspecified atom stereocenters. The Bertz CT molecular complexity index is 1380. The number of carbonyl (C=O) groups is 2. The molecule has 40 heavy (non-hydrogen) atoms. The van der Waals surface area contributed by atoms with Gasteiger partial charge in [-0.15, -0.1) is 0 Å². The minimum atomic E-state index is -3.90. The van der Waals surface area contributed by atoms with Crippen LogP contribution in [0.15, 0.2) is 78.9 Å². The third kappa shape index (κ3) is 8.72. The molecule has 0 saturated carbocycles. The van der Waals surface area contributed by atoms with Gasteiger partial charge in [0.25, 0.3) is 0 Å². The first-order valence-electron chi connectivity index (χ1n) is 13.0. The molecule has 0 bridgehead atoms. The molecule has 0 radical (unpaired) electrons. The third-order valence-electron chi connectivity index (χ3n) is 6.25. The summed E-state index contributed by atoms with van der Waals surface area (Å²) in [5.41, 5.74) is 1.85. The van der Waals surface area contributed by atoms with E-state index in [4.69, 9.17) is 16.3 Å². The second-order valence-electron chi connectivity index (χ2n) is 9.93. The Morgan fingerprint density at radius 2 is 1.55 bits per heavy atom. The summed E-state index contributed by atoms with van der Waals surface area (Å²) in [7, 11) is -2.46. The number of para-hydroxylation sites is 2. The highest BCUT2D eigenvalue weighted by molar-refractivity contribution is 7.92. The van der Waals surface area contributed by atoms with E-state index in [-0.39, 0.29) is 30.5 Å². The average Bonchev–Trinajstić information content (AvgIpc) is 2.93. The molecule has 2 amide bonds. The quantitative estimate of drug-likeness (QED) is 0.318. The van der Waals surface area contributed by atoms with E-state index in [9.17, 15) is 18.0 Å². The van der Waals surface area contributed by atoms with Crippen LogP contribution in [0.1, 0.15) is 25.0 Å². The Labute approximate surface area is 241 Å². The predicted octanol–water partition coefficient (Wildman–Crippen LogP) is 4.53. The van der Waals surface area contributed by atoms with Crippen molar-refractivity contribution >= 4 is 39.1 Å². The van der Waals surface area contributed by atoms with Crippen LogP contribution >= 0.6 is 11.6 Å². The summed E-state index contributed by atoms with van der Waals surface area (Å²) in [5, 5.41) is 3.50. The van der Waals surface area contributed by atoms with Crippen LogP contribution in [-0.2, 0) is 32.6 Å². The Kier molecular flexibility index (Phi) is 11.0. The summed E-state index contributed by atoms with van der Waals surface area (Å²) in [6.45, 7) is 3.96. The van der Waals surface area contributed by atoms with E-state index in [0.29, 0.717) is 17.3 Å². The molecule has 0 aliphatic carbocycles. The summed E-state index contributed by atoms with van der Waals surface area (Å²) in [5.74, 6) is -0.344. The highest BCUT2D eigenvalue weighted by atomic mass is 35.5. The number of nitrogens with zero attached hydrogens (tertiary/aromatic N) is 2. The molecule has 1 atom stereocenters. The predicted molar refractivity (Wildman–Crippen MR) is 159 cm³/mol. The summed E-state index contributed by atoms with van der Waals surface area (Å²) < 4.78 is 32.3. The van der Waals surface area contributed by atoms with Gasteiger partial charge in [0.15, 0.2) is 0 Å². The van der Waals surface area contributed by atoms with Crippen molar-refractivity contribution in [3.8, 4) is 5.75 Å². The number of amides is 2. The van der Waals surface area contributed by atoms with Gasteiger partial charge in [0.2, 0.25) is 21.8 Å². The second-order valence-corrected chi connectivity index (χ2v) is 12.3. The number of ether oxygens (including phenoxy) is 1.